The minimum Gasteiger partial charge on any atom is -0.489 e. The molecule has 0 aromatic heterocycles. The predicted molar refractivity (Wildman–Crippen MR) is 119 cm³/mol. The molecule has 8 heteroatoms. The number of morpholine rings is 1. The molecule has 3 amide bonds. The Balaban J connectivity index is 1.35. The molecule has 0 radical (unpaired) electrons. The van der Waals surface area contributed by atoms with E-state index < -0.39 is 25.0 Å². The van der Waals surface area contributed by atoms with Gasteiger partial charge < -0.3 is 14.4 Å². The fourth-order valence-electron chi connectivity index (χ4n) is 4.25. The van der Waals surface area contributed by atoms with Crippen LogP contribution < -0.4 is 10.1 Å². The first-order valence-electron chi connectivity index (χ1n) is 13.0. The van der Waals surface area contributed by atoms with Gasteiger partial charge in [-0.05, 0) is 29.7 Å². The molecule has 0 saturated carbocycles. The van der Waals surface area contributed by atoms with Crippen LogP contribution in [-0.4, -0.2) is 59.9 Å². The zero-order valence-electron chi connectivity index (χ0n) is 22.0. The van der Waals surface area contributed by atoms with Gasteiger partial charge in [-0.3, -0.25) is 24.6 Å². The van der Waals surface area contributed by atoms with Crippen molar-refractivity contribution in [1.29, 1.82) is 0 Å². The third-order valence-electron chi connectivity index (χ3n) is 6.02. The number of nitrogens with zero attached hydrogens (tertiary/aromatic N) is 2. The first-order chi connectivity index (χ1) is 17.7. The number of imide groups is 1. The lowest BCUT2D eigenvalue weighted by molar-refractivity contribution is -0.136. The zero-order valence-corrected chi connectivity index (χ0v) is 18.0. The lowest BCUT2D eigenvalue weighted by Gasteiger charge is -2.29. The lowest BCUT2D eigenvalue weighted by Crippen LogP contribution is -2.52. The number of nitrogens with one attached hydrogen (secondary N) is 1. The van der Waals surface area contributed by atoms with E-state index in [9.17, 15) is 14.4 Å². The molecule has 2 aromatic rings. The molecule has 2 aromatic carbocycles. The smallest absolute Gasteiger partial charge is 0.255 e. The molecule has 33 heavy (non-hydrogen) atoms. The van der Waals surface area contributed by atoms with Crippen molar-refractivity contribution in [3.8, 4) is 5.75 Å². The van der Waals surface area contributed by atoms with Crippen LogP contribution in [0.5, 0.6) is 5.75 Å². The summed E-state index contributed by atoms with van der Waals surface area (Å²) in [4.78, 5) is 40.2. The van der Waals surface area contributed by atoms with Crippen molar-refractivity contribution in [1.82, 2.24) is 15.1 Å². The fourth-order valence-corrected chi connectivity index (χ4v) is 4.25. The molecule has 1 N–H and O–H groups in total. The normalized spacial score (nSPS) is 24.3. The molecule has 2 fully saturated rings. The van der Waals surface area contributed by atoms with Gasteiger partial charge in [-0.2, -0.15) is 0 Å². The molecule has 3 heterocycles. The van der Waals surface area contributed by atoms with Crippen molar-refractivity contribution in [2.75, 3.05) is 26.3 Å². The highest BCUT2D eigenvalue weighted by Crippen LogP contribution is 2.34. The molecule has 2 saturated heterocycles. The van der Waals surface area contributed by atoms with Gasteiger partial charge in [0.15, 0.2) is 0 Å². The summed E-state index contributed by atoms with van der Waals surface area (Å²) in [7, 11) is 0. The van der Waals surface area contributed by atoms with Crippen LogP contribution in [0.4, 0.5) is 0 Å². The van der Waals surface area contributed by atoms with Crippen molar-refractivity contribution in [2.45, 2.75) is 38.5 Å². The molecular weight excluding hydrogens is 422 g/mol. The van der Waals surface area contributed by atoms with E-state index in [1.165, 1.54) is 17.0 Å². The summed E-state index contributed by atoms with van der Waals surface area (Å²) >= 11 is 0. The van der Waals surface area contributed by atoms with Crippen LogP contribution in [0.1, 0.15) is 45.4 Å². The first kappa shape index (κ1) is 17.3. The maximum Gasteiger partial charge on any atom is 0.255 e. The Labute approximate surface area is 198 Å². The second kappa shape index (κ2) is 9.33. The quantitative estimate of drug-likeness (QED) is 0.672. The highest BCUT2D eigenvalue weighted by molar-refractivity contribution is 6.05. The van der Waals surface area contributed by atoms with E-state index in [2.05, 4.69) is 5.32 Å². The van der Waals surface area contributed by atoms with Crippen LogP contribution in [0.25, 0.3) is 0 Å². The van der Waals surface area contributed by atoms with Gasteiger partial charge in [0.25, 0.3) is 5.91 Å². The maximum absolute atomic E-state index is 13.0. The third-order valence-corrected chi connectivity index (χ3v) is 6.02. The van der Waals surface area contributed by atoms with E-state index >= 15 is 0 Å². The zero-order chi connectivity index (χ0) is 26.3. The summed E-state index contributed by atoms with van der Waals surface area (Å²) in [5.41, 5.74) is 1.35. The molecule has 8 nitrogen and oxygen atoms in total. The van der Waals surface area contributed by atoms with E-state index in [1.54, 1.807) is 24.3 Å². The number of amides is 3. The maximum atomic E-state index is 13.0. The predicted octanol–water partition coefficient (Wildman–Crippen LogP) is 1.86. The van der Waals surface area contributed by atoms with Gasteiger partial charge in [0.05, 0.1) is 23.9 Å². The first-order valence-corrected chi connectivity index (χ1v) is 11.0. The van der Waals surface area contributed by atoms with Crippen molar-refractivity contribution in [3.63, 3.8) is 0 Å². The number of fused-ring (bicyclic) bond motifs is 1. The number of hydrogen-bond donors (Lipinski definition) is 1. The monoisotopic (exact) mass is 453 g/mol. The van der Waals surface area contributed by atoms with Crippen molar-refractivity contribution >= 4 is 17.7 Å². The van der Waals surface area contributed by atoms with Gasteiger partial charge in [0, 0.05) is 38.5 Å². The van der Waals surface area contributed by atoms with Crippen LogP contribution >= 0.6 is 0 Å². The Morgan fingerprint density at radius 2 is 1.94 bits per heavy atom. The highest BCUT2D eigenvalue weighted by atomic mass is 16.5. The Morgan fingerprint density at radius 3 is 2.73 bits per heavy atom. The summed E-state index contributed by atoms with van der Waals surface area (Å²) in [6, 6.07) is 8.45. The number of ether oxygens (including phenoxy) is 2. The molecule has 3 aliphatic rings. The molecule has 2 atom stereocenters. The average molecular weight is 454 g/mol. The topological polar surface area (TPSA) is 88.2 Å². The summed E-state index contributed by atoms with van der Waals surface area (Å²) in [6.45, 7) is -0.788. The summed E-state index contributed by atoms with van der Waals surface area (Å²) in [6.07, 6.45) is 0.361. The summed E-state index contributed by atoms with van der Waals surface area (Å²) in [5, 5.41) is 2.26. The van der Waals surface area contributed by atoms with Gasteiger partial charge in [-0.15, -0.1) is 0 Å². The molecule has 0 bridgehead atoms. The van der Waals surface area contributed by atoms with E-state index in [0.717, 1.165) is 0 Å². The largest absolute Gasteiger partial charge is 0.489 e. The average Bonchev–Trinajstić information content (AvgIpc) is 3.21. The molecule has 172 valence electrons. The van der Waals surface area contributed by atoms with Gasteiger partial charge in [-0.25, -0.2) is 0 Å². The van der Waals surface area contributed by atoms with Crippen molar-refractivity contribution in [3.05, 3.63) is 64.7 Å². The Hall–Kier alpha value is -3.23. The van der Waals surface area contributed by atoms with Crippen molar-refractivity contribution < 1.29 is 29.3 Å². The minimum atomic E-state index is -2.33. The molecule has 0 aliphatic carbocycles. The van der Waals surface area contributed by atoms with Gasteiger partial charge >= 0.3 is 0 Å². The van der Waals surface area contributed by atoms with Crippen LogP contribution in [0.2, 0.25) is 0 Å². The molecule has 5 rings (SSSR count). The standard InChI is InChI=1S/C25H27N3O5/c29-23-9-8-21(24(30)26-23)28-15-20-19(25(28)31)2-1-3-22(20)33-16-18-6-4-17(5-7-18)14-27-10-12-32-13-11-27/h1-7,21H,8-16H2,(H,26,29,30)/i4D,14D,16D2. The number of rotatable bonds is 6. The van der Waals surface area contributed by atoms with Crippen LogP contribution in [-0.2, 0) is 34.0 Å². The molecular formula is C25H27N3O5. The number of piperidine rings is 1. The van der Waals surface area contributed by atoms with Crippen LogP contribution in [0.3, 0.4) is 0 Å². The second-order valence-corrected chi connectivity index (χ2v) is 8.20. The Kier molecular flexibility index (Phi) is 4.88. The fraction of sp³-hybridized carbons (Fsp3) is 0.400. The molecule has 3 aliphatic heterocycles. The van der Waals surface area contributed by atoms with E-state index in [-0.39, 0.29) is 48.6 Å². The molecule has 0 spiro atoms. The lowest BCUT2D eigenvalue weighted by atomic mass is 10.0. The van der Waals surface area contributed by atoms with Crippen LogP contribution in [0, 0.1) is 0 Å². The summed E-state index contributed by atoms with van der Waals surface area (Å²) in [5.74, 6) is -1.11. The number of carbonyl (C=O) groups excluding carboxylic acids is 3. The number of benzene rings is 2. The Bertz CT molecular complexity index is 1250. The van der Waals surface area contributed by atoms with E-state index in [4.69, 9.17) is 15.0 Å². The molecule has 2 unspecified atom stereocenters. The second-order valence-electron chi connectivity index (χ2n) is 8.20. The van der Waals surface area contributed by atoms with Crippen LogP contribution in [0.15, 0.2) is 42.4 Å². The van der Waals surface area contributed by atoms with E-state index in [1.807, 2.05) is 4.90 Å². The third kappa shape index (κ3) is 4.62. The Morgan fingerprint density at radius 1 is 1.12 bits per heavy atom. The summed E-state index contributed by atoms with van der Waals surface area (Å²) < 4.78 is 45.2. The van der Waals surface area contributed by atoms with E-state index in [0.29, 0.717) is 43.0 Å². The minimum absolute atomic E-state index is 0.0361. The van der Waals surface area contributed by atoms with Gasteiger partial charge in [-0.1, -0.05) is 30.3 Å². The van der Waals surface area contributed by atoms with Gasteiger partial charge in [0.1, 0.15) is 18.4 Å². The number of hydrogen-bond acceptors (Lipinski definition) is 6. The van der Waals surface area contributed by atoms with Gasteiger partial charge in [0.2, 0.25) is 11.8 Å². The number of carbonyl (C=O) groups is 3. The highest BCUT2D eigenvalue weighted by Gasteiger charge is 2.40. The SMILES string of the molecule is [2H]c1cc(C([2H])([2H])Oc2cccc3c2CN(C2CCC(=O)NC2=O)C3=O)ccc1C([2H])N1CCOCC1. The van der Waals surface area contributed by atoms with Crippen molar-refractivity contribution in [2.24, 2.45) is 0 Å².